The van der Waals surface area contributed by atoms with Crippen molar-refractivity contribution in [2.24, 2.45) is 0 Å². The van der Waals surface area contributed by atoms with E-state index < -0.39 is 0 Å². The Hall–Kier alpha value is -1.58. The molecular weight excluding hydrogens is 289 g/mol. The molecule has 0 aliphatic rings. The van der Waals surface area contributed by atoms with E-state index in [4.69, 9.17) is 16.3 Å². The number of rotatable bonds is 6. The Kier molecular flexibility index (Phi) is 5.59. The minimum absolute atomic E-state index is 0.226. The van der Waals surface area contributed by atoms with E-state index in [2.05, 4.69) is 12.2 Å². The van der Waals surface area contributed by atoms with Gasteiger partial charge in [0.05, 0.1) is 0 Å². The number of benzene rings is 2. The second kappa shape index (κ2) is 7.43. The van der Waals surface area contributed by atoms with Crippen LogP contribution in [0.1, 0.15) is 30.5 Å². The van der Waals surface area contributed by atoms with Crippen LogP contribution in [0.3, 0.4) is 0 Å². The average molecular weight is 308 g/mol. The molecule has 0 bridgehead atoms. The monoisotopic (exact) mass is 307 g/mol. The van der Waals surface area contributed by atoms with Crippen LogP contribution in [-0.2, 0) is 6.61 Å². The summed E-state index contributed by atoms with van der Waals surface area (Å²) in [6.45, 7) is 2.36. The van der Waals surface area contributed by atoms with Gasteiger partial charge in [-0.3, -0.25) is 0 Å². The molecule has 1 atom stereocenters. The lowest BCUT2D eigenvalue weighted by Crippen LogP contribution is -2.16. The first kappa shape index (κ1) is 15.8. The van der Waals surface area contributed by atoms with E-state index in [1.165, 1.54) is 12.1 Å². The Balaban J connectivity index is 2.18. The molecule has 1 unspecified atom stereocenters. The van der Waals surface area contributed by atoms with Gasteiger partial charge in [-0.25, -0.2) is 4.39 Å². The Morgan fingerprint density at radius 1 is 1.24 bits per heavy atom. The third-order valence-corrected chi connectivity index (χ3v) is 3.81. The van der Waals surface area contributed by atoms with Gasteiger partial charge in [-0.1, -0.05) is 36.7 Å². The first-order chi connectivity index (χ1) is 10.2. The van der Waals surface area contributed by atoms with E-state index in [-0.39, 0.29) is 18.5 Å². The molecule has 2 aromatic carbocycles. The summed E-state index contributed by atoms with van der Waals surface area (Å²) >= 11 is 6.06. The van der Waals surface area contributed by atoms with Crippen molar-refractivity contribution in [2.75, 3.05) is 7.05 Å². The summed E-state index contributed by atoms with van der Waals surface area (Å²) < 4.78 is 19.1. The van der Waals surface area contributed by atoms with E-state index in [9.17, 15) is 4.39 Å². The average Bonchev–Trinajstić information content (AvgIpc) is 2.50. The van der Waals surface area contributed by atoms with Crippen molar-refractivity contribution in [2.45, 2.75) is 26.0 Å². The highest BCUT2D eigenvalue weighted by molar-refractivity contribution is 6.31. The summed E-state index contributed by atoms with van der Waals surface area (Å²) in [7, 11) is 1.92. The zero-order valence-corrected chi connectivity index (χ0v) is 13.0. The first-order valence-electron chi connectivity index (χ1n) is 6.98. The fraction of sp³-hybridized carbons (Fsp3) is 0.294. The molecule has 0 fully saturated rings. The summed E-state index contributed by atoms with van der Waals surface area (Å²) in [5, 5.41) is 3.77. The van der Waals surface area contributed by atoms with Crippen molar-refractivity contribution in [3.8, 4) is 5.75 Å². The van der Waals surface area contributed by atoms with Crippen LogP contribution in [0, 0.1) is 5.82 Å². The number of ether oxygens (including phenoxy) is 1. The molecule has 2 nitrogen and oxygen atoms in total. The molecule has 21 heavy (non-hydrogen) atoms. The molecule has 0 saturated carbocycles. The minimum atomic E-state index is -0.312. The van der Waals surface area contributed by atoms with E-state index in [0.29, 0.717) is 10.6 Å². The van der Waals surface area contributed by atoms with E-state index in [1.807, 2.05) is 31.3 Å². The summed E-state index contributed by atoms with van der Waals surface area (Å²) in [4.78, 5) is 0. The number of para-hydroxylation sites is 1. The molecule has 2 aromatic rings. The van der Waals surface area contributed by atoms with Crippen LogP contribution in [-0.4, -0.2) is 7.05 Å². The van der Waals surface area contributed by atoms with Gasteiger partial charge in [-0.05, 0) is 37.7 Å². The summed E-state index contributed by atoms with van der Waals surface area (Å²) in [5.74, 6) is 0.479. The van der Waals surface area contributed by atoms with Crippen LogP contribution >= 0.6 is 11.6 Å². The van der Waals surface area contributed by atoms with Gasteiger partial charge in [0.2, 0.25) is 0 Å². The Morgan fingerprint density at radius 2 is 2.00 bits per heavy atom. The van der Waals surface area contributed by atoms with Crippen LogP contribution in [0.2, 0.25) is 5.02 Å². The lowest BCUT2D eigenvalue weighted by Gasteiger charge is -2.19. The van der Waals surface area contributed by atoms with E-state index in [0.717, 1.165) is 17.7 Å². The zero-order valence-electron chi connectivity index (χ0n) is 12.2. The molecule has 0 radical (unpaired) electrons. The summed E-state index contributed by atoms with van der Waals surface area (Å²) in [5.41, 5.74) is 1.74. The number of halogens is 2. The van der Waals surface area contributed by atoms with Crippen molar-refractivity contribution in [1.29, 1.82) is 0 Å². The molecule has 0 spiro atoms. The normalized spacial score (nSPS) is 12.2. The van der Waals surface area contributed by atoms with Crippen molar-refractivity contribution >= 4 is 11.6 Å². The van der Waals surface area contributed by atoms with Gasteiger partial charge in [-0.2, -0.15) is 0 Å². The van der Waals surface area contributed by atoms with Crippen LogP contribution in [0.5, 0.6) is 5.75 Å². The van der Waals surface area contributed by atoms with Crippen LogP contribution in [0.4, 0.5) is 4.39 Å². The lowest BCUT2D eigenvalue weighted by atomic mass is 10.0. The van der Waals surface area contributed by atoms with Gasteiger partial charge in [0.1, 0.15) is 18.2 Å². The number of nitrogens with one attached hydrogen (secondary N) is 1. The Labute approximate surface area is 129 Å². The van der Waals surface area contributed by atoms with Gasteiger partial charge >= 0.3 is 0 Å². The van der Waals surface area contributed by atoms with Gasteiger partial charge < -0.3 is 10.1 Å². The maximum absolute atomic E-state index is 13.3. The SMILES string of the molecule is CCC(NC)c1ccccc1OCc1cc(F)ccc1Cl. The number of hydrogen-bond acceptors (Lipinski definition) is 2. The van der Waals surface area contributed by atoms with Crippen LogP contribution < -0.4 is 10.1 Å². The van der Waals surface area contributed by atoms with Crippen molar-refractivity contribution < 1.29 is 9.13 Å². The highest BCUT2D eigenvalue weighted by Crippen LogP contribution is 2.28. The van der Waals surface area contributed by atoms with Crippen molar-refractivity contribution in [3.63, 3.8) is 0 Å². The smallest absolute Gasteiger partial charge is 0.124 e. The van der Waals surface area contributed by atoms with Crippen molar-refractivity contribution in [1.82, 2.24) is 5.32 Å². The topological polar surface area (TPSA) is 21.3 Å². The lowest BCUT2D eigenvalue weighted by molar-refractivity contribution is 0.298. The highest BCUT2D eigenvalue weighted by Gasteiger charge is 2.13. The molecule has 4 heteroatoms. The van der Waals surface area contributed by atoms with Crippen LogP contribution in [0.25, 0.3) is 0 Å². The predicted molar refractivity (Wildman–Crippen MR) is 84.3 cm³/mol. The second-order valence-electron chi connectivity index (χ2n) is 4.81. The molecule has 0 aliphatic carbocycles. The standard InChI is InChI=1S/C17H19ClFNO/c1-3-16(20-2)14-6-4-5-7-17(14)21-11-12-10-13(19)8-9-15(12)18/h4-10,16,20H,3,11H2,1-2H3. The van der Waals surface area contributed by atoms with Crippen molar-refractivity contribution in [3.05, 3.63) is 64.4 Å². The fourth-order valence-electron chi connectivity index (χ4n) is 2.29. The second-order valence-corrected chi connectivity index (χ2v) is 5.22. The molecule has 0 heterocycles. The molecule has 1 N–H and O–H groups in total. The molecule has 0 aromatic heterocycles. The molecule has 2 rings (SSSR count). The molecule has 112 valence electrons. The predicted octanol–water partition coefficient (Wildman–Crippen LogP) is 4.73. The molecule has 0 aliphatic heterocycles. The van der Waals surface area contributed by atoms with Crippen LogP contribution in [0.15, 0.2) is 42.5 Å². The number of hydrogen-bond donors (Lipinski definition) is 1. The Bertz CT molecular complexity index is 599. The highest BCUT2D eigenvalue weighted by atomic mass is 35.5. The summed E-state index contributed by atoms with van der Waals surface area (Å²) in [6, 6.07) is 12.4. The fourth-order valence-corrected chi connectivity index (χ4v) is 2.46. The zero-order chi connectivity index (χ0) is 15.2. The Morgan fingerprint density at radius 3 is 2.71 bits per heavy atom. The molecular formula is C17H19ClFNO. The van der Waals surface area contributed by atoms with Gasteiger partial charge in [-0.15, -0.1) is 0 Å². The maximum atomic E-state index is 13.3. The molecule has 0 saturated heterocycles. The minimum Gasteiger partial charge on any atom is -0.489 e. The van der Waals surface area contributed by atoms with E-state index >= 15 is 0 Å². The van der Waals surface area contributed by atoms with Gasteiger partial charge in [0, 0.05) is 22.2 Å². The summed E-state index contributed by atoms with van der Waals surface area (Å²) in [6.07, 6.45) is 0.956. The quantitative estimate of drug-likeness (QED) is 0.833. The third-order valence-electron chi connectivity index (χ3n) is 3.44. The van der Waals surface area contributed by atoms with Gasteiger partial charge in [0.15, 0.2) is 0 Å². The third kappa shape index (κ3) is 3.96. The van der Waals surface area contributed by atoms with E-state index in [1.54, 1.807) is 6.07 Å². The molecule has 0 amide bonds. The first-order valence-corrected chi connectivity index (χ1v) is 7.36. The largest absolute Gasteiger partial charge is 0.489 e. The van der Waals surface area contributed by atoms with Gasteiger partial charge in [0.25, 0.3) is 0 Å². The maximum Gasteiger partial charge on any atom is 0.124 e.